The minimum Gasteiger partial charge on any atom is -0.385 e. The highest BCUT2D eigenvalue weighted by molar-refractivity contribution is 9.10. The van der Waals surface area contributed by atoms with Gasteiger partial charge in [-0.2, -0.15) is 5.26 Å². The highest BCUT2D eigenvalue weighted by atomic mass is 79.9. The van der Waals surface area contributed by atoms with Crippen LogP contribution in [0, 0.1) is 11.3 Å². The molecule has 16 heavy (non-hydrogen) atoms. The lowest BCUT2D eigenvalue weighted by Gasteiger charge is -2.07. The maximum atomic E-state index is 8.83. The summed E-state index contributed by atoms with van der Waals surface area (Å²) in [5.41, 5.74) is 1.70. The summed E-state index contributed by atoms with van der Waals surface area (Å²) in [6, 6.07) is 7.85. The summed E-state index contributed by atoms with van der Waals surface area (Å²) in [5, 5.41) is 12.2. The third-order valence-electron chi connectivity index (χ3n) is 2.39. The second kappa shape index (κ2) is 7.29. The minimum atomic E-state index is 0.686. The number of benzene rings is 1. The van der Waals surface area contributed by atoms with Crippen LogP contribution in [0.4, 0.5) is 5.69 Å². The Hall–Kier alpha value is -1.01. The molecule has 0 unspecified atom stereocenters. The Morgan fingerprint density at radius 2 is 2.06 bits per heavy atom. The van der Waals surface area contributed by atoms with Crippen molar-refractivity contribution in [2.45, 2.75) is 32.6 Å². The standard InChI is InChI=1S/C13H17BrN2/c1-2-3-4-5-6-16-13-8-11(10-15)7-12(14)9-13/h7-9,16H,2-6H2,1H3. The van der Waals surface area contributed by atoms with E-state index in [0.717, 1.165) is 16.7 Å². The summed E-state index contributed by atoms with van der Waals surface area (Å²) in [5.74, 6) is 0. The molecule has 0 saturated carbocycles. The van der Waals surface area contributed by atoms with Gasteiger partial charge in [-0.15, -0.1) is 0 Å². The van der Waals surface area contributed by atoms with Crippen molar-refractivity contribution in [1.29, 1.82) is 5.26 Å². The Kier molecular flexibility index (Phi) is 5.95. The Balaban J connectivity index is 2.42. The summed E-state index contributed by atoms with van der Waals surface area (Å²) in [6.45, 7) is 3.18. The third-order valence-corrected chi connectivity index (χ3v) is 2.84. The van der Waals surface area contributed by atoms with Crippen molar-refractivity contribution in [2.75, 3.05) is 11.9 Å². The molecule has 0 aliphatic heterocycles. The van der Waals surface area contributed by atoms with Crippen molar-refractivity contribution in [3.8, 4) is 6.07 Å². The van der Waals surface area contributed by atoms with E-state index in [2.05, 4.69) is 34.2 Å². The number of nitrogens with one attached hydrogen (secondary N) is 1. The van der Waals surface area contributed by atoms with E-state index in [1.165, 1.54) is 25.7 Å². The molecule has 0 amide bonds. The average molecular weight is 281 g/mol. The van der Waals surface area contributed by atoms with Crippen molar-refractivity contribution >= 4 is 21.6 Å². The summed E-state index contributed by atoms with van der Waals surface area (Å²) >= 11 is 3.40. The van der Waals surface area contributed by atoms with Crippen molar-refractivity contribution in [3.05, 3.63) is 28.2 Å². The van der Waals surface area contributed by atoms with Gasteiger partial charge in [-0.05, 0) is 24.6 Å². The van der Waals surface area contributed by atoms with Crippen molar-refractivity contribution < 1.29 is 0 Å². The van der Waals surface area contributed by atoms with E-state index >= 15 is 0 Å². The number of halogens is 1. The molecule has 2 nitrogen and oxygen atoms in total. The van der Waals surface area contributed by atoms with Crippen LogP contribution >= 0.6 is 15.9 Å². The first kappa shape index (κ1) is 13.1. The van der Waals surface area contributed by atoms with E-state index in [-0.39, 0.29) is 0 Å². The van der Waals surface area contributed by atoms with Gasteiger partial charge < -0.3 is 5.32 Å². The van der Waals surface area contributed by atoms with E-state index < -0.39 is 0 Å². The molecular formula is C13H17BrN2. The van der Waals surface area contributed by atoms with Gasteiger partial charge >= 0.3 is 0 Å². The average Bonchev–Trinajstić information content (AvgIpc) is 2.28. The molecule has 0 spiro atoms. The lowest BCUT2D eigenvalue weighted by molar-refractivity contribution is 0.685. The number of hydrogen-bond acceptors (Lipinski definition) is 2. The van der Waals surface area contributed by atoms with Gasteiger partial charge in [-0.1, -0.05) is 42.1 Å². The zero-order valence-electron chi connectivity index (χ0n) is 9.59. The third kappa shape index (κ3) is 4.67. The predicted molar refractivity (Wildman–Crippen MR) is 71.5 cm³/mol. The molecule has 3 heteroatoms. The zero-order valence-corrected chi connectivity index (χ0v) is 11.2. The van der Waals surface area contributed by atoms with Crippen molar-refractivity contribution in [3.63, 3.8) is 0 Å². The number of hydrogen-bond donors (Lipinski definition) is 1. The normalized spacial score (nSPS) is 9.81. The molecule has 0 aliphatic carbocycles. The highest BCUT2D eigenvalue weighted by Gasteiger charge is 1.98. The maximum absolute atomic E-state index is 8.83. The molecule has 86 valence electrons. The first-order valence-corrected chi connectivity index (χ1v) is 6.50. The first-order chi connectivity index (χ1) is 7.76. The fourth-order valence-electron chi connectivity index (χ4n) is 1.54. The molecule has 1 N–H and O–H groups in total. The monoisotopic (exact) mass is 280 g/mol. The van der Waals surface area contributed by atoms with Crippen LogP contribution in [0.3, 0.4) is 0 Å². The summed E-state index contributed by atoms with van der Waals surface area (Å²) in [4.78, 5) is 0. The van der Waals surface area contributed by atoms with E-state index in [0.29, 0.717) is 5.56 Å². The lowest BCUT2D eigenvalue weighted by Crippen LogP contribution is -2.01. The number of unbranched alkanes of at least 4 members (excludes halogenated alkanes) is 3. The molecule has 0 saturated heterocycles. The van der Waals surface area contributed by atoms with Crippen LogP contribution in [0.15, 0.2) is 22.7 Å². The zero-order chi connectivity index (χ0) is 11.8. The quantitative estimate of drug-likeness (QED) is 0.788. The SMILES string of the molecule is CCCCCCNc1cc(Br)cc(C#N)c1. The van der Waals surface area contributed by atoms with Gasteiger partial charge in [0.15, 0.2) is 0 Å². The van der Waals surface area contributed by atoms with Gasteiger partial charge in [0.1, 0.15) is 0 Å². The molecular weight excluding hydrogens is 264 g/mol. The largest absolute Gasteiger partial charge is 0.385 e. The van der Waals surface area contributed by atoms with Crippen LogP contribution in [0.25, 0.3) is 0 Å². The van der Waals surface area contributed by atoms with Gasteiger partial charge in [-0.25, -0.2) is 0 Å². The number of anilines is 1. The Labute approximate surface area is 106 Å². The van der Waals surface area contributed by atoms with Gasteiger partial charge in [-0.3, -0.25) is 0 Å². The Morgan fingerprint density at radius 3 is 2.75 bits per heavy atom. The number of rotatable bonds is 6. The van der Waals surface area contributed by atoms with Crippen LogP contribution in [0.1, 0.15) is 38.2 Å². The first-order valence-electron chi connectivity index (χ1n) is 5.71. The highest BCUT2D eigenvalue weighted by Crippen LogP contribution is 2.19. The molecule has 0 aliphatic rings. The molecule has 1 rings (SSSR count). The van der Waals surface area contributed by atoms with E-state index in [1.54, 1.807) is 0 Å². The predicted octanol–water partition coefficient (Wildman–Crippen LogP) is 4.31. The second-order valence-corrected chi connectivity index (χ2v) is 4.74. The lowest BCUT2D eigenvalue weighted by atomic mass is 10.2. The van der Waals surface area contributed by atoms with Gasteiger partial charge in [0, 0.05) is 16.7 Å². The van der Waals surface area contributed by atoms with E-state index in [1.807, 2.05) is 18.2 Å². The molecule has 0 aromatic heterocycles. The summed E-state index contributed by atoms with van der Waals surface area (Å²) < 4.78 is 0.947. The molecule has 0 fully saturated rings. The number of nitriles is 1. The van der Waals surface area contributed by atoms with Crippen LogP contribution in [-0.4, -0.2) is 6.54 Å². The smallest absolute Gasteiger partial charge is 0.0992 e. The van der Waals surface area contributed by atoms with Crippen LogP contribution < -0.4 is 5.32 Å². The summed E-state index contributed by atoms with van der Waals surface area (Å²) in [6.07, 6.45) is 5.00. The Morgan fingerprint density at radius 1 is 1.25 bits per heavy atom. The number of nitrogens with zero attached hydrogens (tertiary/aromatic N) is 1. The molecule has 0 radical (unpaired) electrons. The molecule has 0 atom stereocenters. The molecule has 0 heterocycles. The molecule has 1 aromatic rings. The van der Waals surface area contributed by atoms with Gasteiger partial charge in [0.05, 0.1) is 11.6 Å². The minimum absolute atomic E-state index is 0.686. The summed E-state index contributed by atoms with van der Waals surface area (Å²) in [7, 11) is 0. The van der Waals surface area contributed by atoms with Gasteiger partial charge in [0.25, 0.3) is 0 Å². The van der Waals surface area contributed by atoms with Crippen molar-refractivity contribution in [1.82, 2.24) is 0 Å². The Bertz CT molecular complexity index is 369. The molecule has 1 aromatic carbocycles. The van der Waals surface area contributed by atoms with Crippen LogP contribution in [0.2, 0.25) is 0 Å². The van der Waals surface area contributed by atoms with E-state index in [4.69, 9.17) is 5.26 Å². The van der Waals surface area contributed by atoms with Crippen molar-refractivity contribution in [2.24, 2.45) is 0 Å². The fourth-order valence-corrected chi connectivity index (χ4v) is 2.03. The second-order valence-electron chi connectivity index (χ2n) is 3.83. The van der Waals surface area contributed by atoms with Crippen LogP contribution in [0.5, 0.6) is 0 Å². The van der Waals surface area contributed by atoms with Gasteiger partial charge in [0.2, 0.25) is 0 Å². The molecule has 0 bridgehead atoms. The maximum Gasteiger partial charge on any atom is 0.0992 e. The topological polar surface area (TPSA) is 35.8 Å². The van der Waals surface area contributed by atoms with E-state index in [9.17, 15) is 0 Å². The fraction of sp³-hybridized carbons (Fsp3) is 0.462. The van der Waals surface area contributed by atoms with Crippen LogP contribution in [-0.2, 0) is 0 Å².